The number of carbonyl (C=O) groups is 3. The molecule has 9 nitrogen and oxygen atoms in total. The molecule has 0 heterocycles. The zero-order valence-corrected chi connectivity index (χ0v) is 17.9. The number of ether oxygens (including phenoxy) is 3. The molecule has 0 saturated heterocycles. The van der Waals surface area contributed by atoms with Gasteiger partial charge < -0.3 is 19.3 Å². The predicted molar refractivity (Wildman–Crippen MR) is 104 cm³/mol. The maximum Gasteiger partial charge on any atom is 0.343 e. The summed E-state index contributed by atoms with van der Waals surface area (Å²) in [7, 11) is 0. The Morgan fingerprint density at radius 3 is 1.59 bits per heavy atom. The average molecular weight is 420 g/mol. The Morgan fingerprint density at radius 1 is 0.724 bits per heavy atom. The zero-order chi connectivity index (χ0) is 22.0. The van der Waals surface area contributed by atoms with Crippen molar-refractivity contribution in [3.63, 3.8) is 0 Å². The molecular weight excluding hydrogens is 384 g/mol. The smallest absolute Gasteiger partial charge is 0.343 e. The van der Waals surface area contributed by atoms with Crippen molar-refractivity contribution in [1.29, 1.82) is 0 Å². The fraction of sp³-hybridized carbons (Fsp3) is 0.850. The van der Waals surface area contributed by atoms with Crippen LogP contribution in [0.1, 0.15) is 72.1 Å². The highest BCUT2D eigenvalue weighted by molar-refractivity contribution is 5.90. The first-order valence-electron chi connectivity index (χ1n) is 10.4. The van der Waals surface area contributed by atoms with Crippen LogP contribution in [0.15, 0.2) is 0 Å². The summed E-state index contributed by atoms with van der Waals surface area (Å²) in [5.41, 5.74) is -2.05. The molecule has 9 heteroatoms. The minimum atomic E-state index is -2.05. The Labute approximate surface area is 172 Å². The van der Waals surface area contributed by atoms with Crippen molar-refractivity contribution >= 4 is 17.9 Å². The van der Waals surface area contributed by atoms with Crippen molar-refractivity contribution in [3.05, 3.63) is 0 Å². The van der Waals surface area contributed by atoms with Gasteiger partial charge in [-0.1, -0.05) is 40.0 Å². The summed E-state index contributed by atoms with van der Waals surface area (Å²) >= 11 is 0. The third kappa shape index (κ3) is 12.5. The summed E-state index contributed by atoms with van der Waals surface area (Å²) in [5, 5.41) is 8.92. The lowest BCUT2D eigenvalue weighted by molar-refractivity contribution is -0.357. The Kier molecular flexibility index (Phi) is 16.2. The van der Waals surface area contributed by atoms with Gasteiger partial charge in [0.1, 0.15) is 6.61 Å². The summed E-state index contributed by atoms with van der Waals surface area (Å²) in [6.07, 6.45) is 3.25. The predicted octanol–water partition coefficient (Wildman–Crippen LogP) is 2.48. The standard InChI is InChI=1S/C20H36O9/c1-4-7-11-25-17(22)15-20(29-28-14-10-21,19(24)27-13-9-6-3)16-18(23)26-12-8-5-2/h21H,4-16H2,1-3H3. The van der Waals surface area contributed by atoms with Crippen LogP contribution in [0.3, 0.4) is 0 Å². The van der Waals surface area contributed by atoms with Crippen molar-refractivity contribution in [2.24, 2.45) is 0 Å². The Morgan fingerprint density at radius 2 is 1.17 bits per heavy atom. The summed E-state index contributed by atoms with van der Waals surface area (Å²) < 4.78 is 15.4. The molecular formula is C20H36O9. The first-order chi connectivity index (χ1) is 14.0. The van der Waals surface area contributed by atoms with Crippen molar-refractivity contribution in [3.8, 4) is 0 Å². The maximum atomic E-state index is 12.8. The molecule has 0 aliphatic rings. The minimum absolute atomic E-state index is 0.107. The average Bonchev–Trinajstić information content (AvgIpc) is 2.68. The Hall–Kier alpha value is -1.71. The molecule has 0 amide bonds. The van der Waals surface area contributed by atoms with E-state index >= 15 is 0 Å². The molecule has 0 aromatic carbocycles. The molecule has 0 saturated carbocycles. The van der Waals surface area contributed by atoms with Crippen LogP contribution >= 0.6 is 0 Å². The van der Waals surface area contributed by atoms with E-state index in [9.17, 15) is 14.4 Å². The van der Waals surface area contributed by atoms with E-state index in [4.69, 9.17) is 29.1 Å². The lowest BCUT2D eigenvalue weighted by Crippen LogP contribution is -2.47. The summed E-state index contributed by atoms with van der Waals surface area (Å²) in [4.78, 5) is 47.4. The zero-order valence-electron chi connectivity index (χ0n) is 17.9. The van der Waals surface area contributed by atoms with Gasteiger partial charge in [0.25, 0.3) is 0 Å². The van der Waals surface area contributed by atoms with Crippen LogP contribution in [0, 0.1) is 0 Å². The number of hydrogen-bond donors (Lipinski definition) is 1. The SMILES string of the molecule is CCCCOC(=O)CC(CC(=O)OCCCC)(OOCCO)C(=O)OCCCC. The molecule has 0 bridgehead atoms. The first kappa shape index (κ1) is 27.3. The second-order valence-electron chi connectivity index (χ2n) is 6.61. The van der Waals surface area contributed by atoms with Gasteiger partial charge in [0, 0.05) is 0 Å². The lowest BCUT2D eigenvalue weighted by Gasteiger charge is -2.28. The van der Waals surface area contributed by atoms with Crippen molar-refractivity contribution in [1.82, 2.24) is 0 Å². The summed E-state index contributed by atoms with van der Waals surface area (Å²) in [6.45, 7) is 5.68. The lowest BCUT2D eigenvalue weighted by atomic mass is 9.95. The molecule has 0 spiro atoms. The van der Waals surface area contributed by atoms with Gasteiger partial charge in [0.2, 0.25) is 5.60 Å². The number of aliphatic hydroxyl groups is 1. The van der Waals surface area contributed by atoms with Crippen LogP contribution in [0.2, 0.25) is 0 Å². The Bertz CT molecular complexity index is 441. The fourth-order valence-electron chi connectivity index (χ4n) is 2.16. The molecule has 1 N–H and O–H groups in total. The fourth-order valence-corrected chi connectivity index (χ4v) is 2.16. The molecule has 0 aliphatic heterocycles. The number of unbranched alkanes of at least 4 members (excludes halogenated alkanes) is 3. The van der Waals surface area contributed by atoms with E-state index in [-0.39, 0.29) is 33.0 Å². The highest BCUT2D eigenvalue weighted by atomic mass is 17.2. The number of esters is 3. The van der Waals surface area contributed by atoms with Gasteiger partial charge in [0.05, 0.1) is 39.3 Å². The van der Waals surface area contributed by atoms with E-state index in [1.54, 1.807) is 0 Å². The third-order valence-electron chi connectivity index (χ3n) is 3.88. The minimum Gasteiger partial charge on any atom is -0.466 e. The molecule has 0 radical (unpaired) electrons. The van der Waals surface area contributed by atoms with Crippen LogP contribution < -0.4 is 0 Å². The van der Waals surface area contributed by atoms with Gasteiger partial charge >= 0.3 is 17.9 Å². The topological polar surface area (TPSA) is 118 Å². The normalized spacial score (nSPS) is 11.2. The molecule has 0 aliphatic carbocycles. The molecule has 0 unspecified atom stereocenters. The molecule has 0 rings (SSSR count). The van der Waals surface area contributed by atoms with E-state index in [0.717, 1.165) is 19.3 Å². The molecule has 0 fully saturated rings. The van der Waals surface area contributed by atoms with E-state index < -0.39 is 36.4 Å². The number of carbonyl (C=O) groups excluding carboxylic acids is 3. The van der Waals surface area contributed by atoms with E-state index in [2.05, 4.69) is 0 Å². The van der Waals surface area contributed by atoms with Crippen LogP contribution in [-0.2, 0) is 38.4 Å². The van der Waals surface area contributed by atoms with Crippen LogP contribution in [0.5, 0.6) is 0 Å². The van der Waals surface area contributed by atoms with Crippen LogP contribution in [0.4, 0.5) is 0 Å². The van der Waals surface area contributed by atoms with Crippen molar-refractivity contribution in [2.45, 2.75) is 77.7 Å². The van der Waals surface area contributed by atoms with Gasteiger partial charge in [-0.3, -0.25) is 9.59 Å². The van der Waals surface area contributed by atoms with Crippen LogP contribution in [-0.4, -0.2) is 61.6 Å². The number of hydrogen-bond acceptors (Lipinski definition) is 9. The van der Waals surface area contributed by atoms with Gasteiger partial charge in [0.15, 0.2) is 0 Å². The number of rotatable bonds is 18. The van der Waals surface area contributed by atoms with E-state index in [1.165, 1.54) is 0 Å². The summed E-state index contributed by atoms with van der Waals surface area (Å²) in [6, 6.07) is 0. The van der Waals surface area contributed by atoms with Gasteiger partial charge in [-0.2, -0.15) is 0 Å². The van der Waals surface area contributed by atoms with Gasteiger partial charge in [-0.15, -0.1) is 0 Å². The summed E-state index contributed by atoms with van der Waals surface area (Å²) in [5.74, 6) is -2.36. The first-order valence-corrected chi connectivity index (χ1v) is 10.4. The highest BCUT2D eigenvalue weighted by Crippen LogP contribution is 2.26. The molecule has 170 valence electrons. The van der Waals surface area contributed by atoms with Gasteiger partial charge in [-0.25, -0.2) is 14.6 Å². The van der Waals surface area contributed by atoms with Crippen molar-refractivity contribution in [2.75, 3.05) is 33.0 Å². The Balaban J connectivity index is 5.38. The quantitative estimate of drug-likeness (QED) is 0.117. The monoisotopic (exact) mass is 420 g/mol. The second-order valence-corrected chi connectivity index (χ2v) is 6.61. The number of aliphatic hydroxyl groups excluding tert-OH is 1. The molecule has 0 atom stereocenters. The van der Waals surface area contributed by atoms with Crippen molar-refractivity contribution < 1.29 is 43.5 Å². The molecule has 0 aromatic rings. The van der Waals surface area contributed by atoms with E-state index in [1.807, 2.05) is 20.8 Å². The largest absolute Gasteiger partial charge is 0.466 e. The van der Waals surface area contributed by atoms with E-state index in [0.29, 0.717) is 19.3 Å². The second kappa shape index (κ2) is 17.2. The molecule has 0 aromatic heterocycles. The highest BCUT2D eigenvalue weighted by Gasteiger charge is 2.48. The third-order valence-corrected chi connectivity index (χ3v) is 3.88. The maximum absolute atomic E-state index is 12.8. The molecule has 29 heavy (non-hydrogen) atoms. The van der Waals surface area contributed by atoms with Gasteiger partial charge in [-0.05, 0) is 19.3 Å². The van der Waals surface area contributed by atoms with Crippen LogP contribution in [0.25, 0.3) is 0 Å².